The maximum Gasteiger partial charge on any atom is 0.437 e. The number of hydrogen-bond acceptors (Lipinski definition) is 11. The lowest BCUT2D eigenvalue weighted by molar-refractivity contribution is -0.145. The van der Waals surface area contributed by atoms with E-state index < -0.39 is 90.9 Å². The number of alkyl halides is 3. The number of likely N-dealkylation sites (tertiary alicyclic amines) is 1. The molecule has 15 nitrogen and oxygen atoms in total. The van der Waals surface area contributed by atoms with Crippen molar-refractivity contribution >= 4 is 44.7 Å². The number of ether oxygens (including phenoxy) is 3. The van der Waals surface area contributed by atoms with Gasteiger partial charge in [-0.25, -0.2) is 18.2 Å². The molecule has 2 saturated heterocycles. The van der Waals surface area contributed by atoms with Crippen molar-refractivity contribution in [3.8, 4) is 11.5 Å². The fourth-order valence-corrected chi connectivity index (χ4v) is 11.4. The lowest BCUT2D eigenvalue weighted by Gasteiger charge is -2.48. The smallest absolute Gasteiger partial charge is 0.437 e. The number of alkyl carbamates (subject to hydrolysis) is 1. The second kappa shape index (κ2) is 18.1. The van der Waals surface area contributed by atoms with Crippen LogP contribution < -0.4 is 24.8 Å². The van der Waals surface area contributed by atoms with Crippen molar-refractivity contribution in [2.45, 2.75) is 164 Å². The molecule has 2 aliphatic carbocycles. The van der Waals surface area contributed by atoms with Gasteiger partial charge in [0.1, 0.15) is 41.2 Å². The molecule has 0 radical (unpaired) electrons. The molecule has 0 unspecified atom stereocenters. The van der Waals surface area contributed by atoms with Crippen molar-refractivity contribution in [3.05, 3.63) is 41.6 Å². The van der Waals surface area contributed by atoms with Gasteiger partial charge in [-0.2, -0.15) is 13.2 Å². The largest absolute Gasteiger partial charge is 0.492 e. The second-order valence-electron chi connectivity index (χ2n) is 20.4. The van der Waals surface area contributed by atoms with E-state index in [0.717, 1.165) is 25.9 Å². The molecule has 1 aromatic carbocycles. The number of carbonyl (C=O) groups excluding carboxylic acids is 4. The van der Waals surface area contributed by atoms with Crippen LogP contribution in [0.4, 0.5) is 18.0 Å². The first-order valence-corrected chi connectivity index (χ1v) is 25.0. The van der Waals surface area contributed by atoms with Gasteiger partial charge in [-0.15, -0.1) is 0 Å². The number of halogens is 3. The number of pyridine rings is 1. The van der Waals surface area contributed by atoms with Crippen LogP contribution in [0.1, 0.15) is 129 Å². The first kappa shape index (κ1) is 47.8. The molecule has 1 spiro atoms. The molecule has 2 saturated carbocycles. The zero-order chi connectivity index (χ0) is 47.3. The number of piperidine rings is 1. The second-order valence-corrected chi connectivity index (χ2v) is 22.6. The SMILES string of the molecule is CC(C)(C)OC(=O)N[C@H]1CCCCC/C=C\[C@@H]2CC[C@@]2(C(=O)NS(=O)(=O)C2(C)CC2)NC(=O)[C@@H]2C[C@]3(CCc4c(c(C(F)(F)F)nc5ccc(OCCN6CCCCC6)cc45)O3)CN2C1=O. The van der Waals surface area contributed by atoms with Gasteiger partial charge >= 0.3 is 12.3 Å². The van der Waals surface area contributed by atoms with Crippen LogP contribution in [0.2, 0.25) is 0 Å². The van der Waals surface area contributed by atoms with E-state index in [2.05, 4.69) is 25.2 Å². The summed E-state index contributed by atoms with van der Waals surface area (Å²) in [4.78, 5) is 65.0. The monoisotopic (exact) mass is 944 g/mol. The van der Waals surface area contributed by atoms with Crippen LogP contribution in [-0.4, -0.2) is 113 Å². The van der Waals surface area contributed by atoms with Crippen molar-refractivity contribution in [3.63, 3.8) is 0 Å². The molecule has 8 rings (SSSR count). The third-order valence-electron chi connectivity index (χ3n) is 14.3. The van der Waals surface area contributed by atoms with Gasteiger partial charge in [-0.3, -0.25) is 24.0 Å². The van der Waals surface area contributed by atoms with Gasteiger partial charge in [0, 0.05) is 29.8 Å². The quantitative estimate of drug-likeness (QED) is 0.247. The Bertz CT molecular complexity index is 2360. The predicted molar refractivity (Wildman–Crippen MR) is 238 cm³/mol. The highest BCUT2D eigenvalue weighted by Gasteiger charge is 2.60. The molecule has 4 fully saturated rings. The van der Waals surface area contributed by atoms with Crippen LogP contribution >= 0.6 is 0 Å². The van der Waals surface area contributed by atoms with Gasteiger partial charge in [0.15, 0.2) is 11.4 Å². The Kier molecular flexibility index (Phi) is 13.1. The van der Waals surface area contributed by atoms with E-state index in [1.807, 2.05) is 12.2 Å². The molecule has 4 amide bonds. The van der Waals surface area contributed by atoms with Gasteiger partial charge in [-0.05, 0) is 130 Å². The van der Waals surface area contributed by atoms with Gasteiger partial charge in [0.25, 0.3) is 5.91 Å². The molecule has 0 bridgehead atoms. The number of rotatable bonds is 8. The van der Waals surface area contributed by atoms with Crippen molar-refractivity contribution in [2.75, 3.05) is 32.8 Å². The summed E-state index contributed by atoms with van der Waals surface area (Å²) in [5, 5.41) is 6.00. The van der Waals surface area contributed by atoms with Crippen LogP contribution in [0.3, 0.4) is 0 Å². The lowest BCUT2D eigenvalue weighted by atomic mass is 9.65. The molecule has 66 heavy (non-hydrogen) atoms. The number of allylic oxidation sites excluding steroid dienone is 1. The third kappa shape index (κ3) is 9.97. The van der Waals surface area contributed by atoms with Crippen LogP contribution in [-0.2, 0) is 41.7 Å². The van der Waals surface area contributed by atoms with Gasteiger partial charge in [0.05, 0.1) is 16.8 Å². The molecule has 5 heterocycles. The normalized spacial score (nSPS) is 28.8. The summed E-state index contributed by atoms with van der Waals surface area (Å²) in [6.45, 7) is 9.33. The van der Waals surface area contributed by atoms with E-state index in [4.69, 9.17) is 14.2 Å². The summed E-state index contributed by atoms with van der Waals surface area (Å²) >= 11 is 0. The topological polar surface area (TPSA) is 186 Å². The molecular formula is C47H63F3N6O9S. The van der Waals surface area contributed by atoms with Crippen LogP contribution in [0.15, 0.2) is 30.4 Å². The minimum Gasteiger partial charge on any atom is -0.492 e. The van der Waals surface area contributed by atoms with E-state index >= 15 is 13.2 Å². The van der Waals surface area contributed by atoms with Crippen LogP contribution in [0, 0.1) is 5.92 Å². The lowest BCUT2D eigenvalue weighted by Crippen LogP contribution is -2.70. The van der Waals surface area contributed by atoms with E-state index in [-0.39, 0.29) is 49.7 Å². The number of hydrogen-bond donors (Lipinski definition) is 3. The van der Waals surface area contributed by atoms with E-state index in [1.165, 1.54) is 17.4 Å². The zero-order valence-corrected chi connectivity index (χ0v) is 39.1. The molecule has 362 valence electrons. The molecule has 5 atom stereocenters. The van der Waals surface area contributed by atoms with Gasteiger partial charge in [0.2, 0.25) is 21.8 Å². The van der Waals surface area contributed by atoms with Crippen molar-refractivity contribution in [1.29, 1.82) is 0 Å². The number of fused-ring (bicyclic) bond motifs is 5. The number of sulfonamides is 1. The van der Waals surface area contributed by atoms with E-state index in [9.17, 15) is 27.6 Å². The maximum atomic E-state index is 15.0. The highest BCUT2D eigenvalue weighted by Crippen LogP contribution is 2.50. The summed E-state index contributed by atoms with van der Waals surface area (Å²) in [7, 11) is -4.12. The highest BCUT2D eigenvalue weighted by molar-refractivity contribution is 7.91. The van der Waals surface area contributed by atoms with Crippen LogP contribution in [0.5, 0.6) is 11.5 Å². The standard InChI is InChI=1S/C47H63F3N6O9S/c1-43(2,3)65-42(60)52-35-14-10-7-5-6-9-13-30-17-20-46(30,41(59)54-66(61,62)44(4)21-22-44)53-39(57)36-28-45(29-56(36)40(35)58)19-18-32-33-27-31(63-26-25-55-23-11-8-12-24-55)15-16-34(33)51-38(37(32)64-45)47(48,49)50/h9,13,15-16,27,30,35-36H,5-8,10-12,14,17-26,28-29H2,1-4H3,(H,52,60)(H,53,57)(H,54,59)/b13-9-/t30-,35+,36+,45-,46-/m1/s1. The first-order chi connectivity index (χ1) is 31.1. The first-order valence-electron chi connectivity index (χ1n) is 23.5. The average Bonchev–Trinajstić information content (AvgIpc) is 3.91. The summed E-state index contributed by atoms with van der Waals surface area (Å²) in [6, 6.07) is 2.20. The zero-order valence-electron chi connectivity index (χ0n) is 38.3. The number of nitrogens with one attached hydrogen (secondary N) is 3. The number of nitrogens with zero attached hydrogens (tertiary/aromatic N) is 3. The Morgan fingerprint density at radius 1 is 1.00 bits per heavy atom. The van der Waals surface area contributed by atoms with Crippen LogP contribution in [0.25, 0.3) is 10.9 Å². The molecule has 19 heteroatoms. The van der Waals surface area contributed by atoms with Crippen molar-refractivity contribution < 1.29 is 55.0 Å². The molecule has 2 aromatic rings. The summed E-state index contributed by atoms with van der Waals surface area (Å²) in [6.07, 6.45) is 5.23. The number of amides is 4. The van der Waals surface area contributed by atoms with Gasteiger partial charge in [-0.1, -0.05) is 31.4 Å². The Balaban J connectivity index is 1.14. The molecule has 1 aromatic heterocycles. The summed E-state index contributed by atoms with van der Waals surface area (Å²) in [5.41, 5.74) is -5.01. The fraction of sp³-hybridized carbons (Fsp3) is 0.681. The molecular weight excluding hydrogens is 882 g/mol. The third-order valence-corrected chi connectivity index (χ3v) is 16.5. The molecule has 4 aliphatic heterocycles. The Labute approximate surface area is 384 Å². The Hall–Kier alpha value is -4.65. The Morgan fingerprint density at radius 3 is 2.42 bits per heavy atom. The fourth-order valence-electron chi connectivity index (χ4n) is 10.1. The maximum absolute atomic E-state index is 15.0. The molecule has 6 aliphatic rings. The minimum absolute atomic E-state index is 0.0699. The number of benzene rings is 1. The number of carbonyl (C=O) groups is 4. The average molecular weight is 945 g/mol. The minimum atomic E-state index is -4.94. The van der Waals surface area contributed by atoms with E-state index in [0.29, 0.717) is 69.2 Å². The summed E-state index contributed by atoms with van der Waals surface area (Å²) in [5.74, 6) is -2.98. The Morgan fingerprint density at radius 2 is 1.74 bits per heavy atom. The molecule has 3 N–H and O–H groups in total. The van der Waals surface area contributed by atoms with Gasteiger partial charge < -0.3 is 29.7 Å². The highest BCUT2D eigenvalue weighted by atomic mass is 32.2. The number of aromatic nitrogens is 1. The van der Waals surface area contributed by atoms with Crippen molar-refractivity contribution in [1.82, 2.24) is 30.1 Å². The predicted octanol–water partition coefficient (Wildman–Crippen LogP) is 6.46. The van der Waals surface area contributed by atoms with E-state index in [1.54, 1.807) is 39.8 Å². The summed E-state index contributed by atoms with van der Waals surface area (Å²) < 4.78 is 91.2. The number of aryl methyl sites for hydroxylation is 1. The van der Waals surface area contributed by atoms with Crippen molar-refractivity contribution in [2.24, 2.45) is 5.92 Å².